The molecule has 5 heterocycles. The standard InChI is InChI=1S/C66H62BN3O/c1-63(2,3)41-25-22-39(23-26-41)40-24-33-56-51(34-40)61-62(71-56)67-59-48(36-44(66(10,11)12)37-55(59)69(61)46-30-27-42(28-31-46)64(4,5)6)49-38-54-57(47-20-16-17-21-52(47)68(54)45-18-14-13-15-19-45)58-50-35-43(65(7,8)9)29-32-53(50)70(67)60(49)58/h13-38H,1-12H3. The summed E-state index contributed by atoms with van der Waals surface area (Å²) >= 11 is 0. The van der Waals surface area contributed by atoms with Gasteiger partial charge in [-0.2, -0.15) is 0 Å². The van der Waals surface area contributed by atoms with E-state index in [1.54, 1.807) is 0 Å². The number of rotatable bonds is 3. The summed E-state index contributed by atoms with van der Waals surface area (Å²) in [6.45, 7) is 27.6. The molecule has 5 heteroatoms. The van der Waals surface area contributed by atoms with Gasteiger partial charge < -0.3 is 18.4 Å². The molecule has 0 N–H and O–H groups in total. The van der Waals surface area contributed by atoms with Gasteiger partial charge >= 0.3 is 6.85 Å². The fourth-order valence-corrected chi connectivity index (χ4v) is 12.0. The van der Waals surface area contributed by atoms with E-state index in [2.05, 4.69) is 255 Å². The van der Waals surface area contributed by atoms with Crippen LogP contribution in [-0.4, -0.2) is 15.9 Å². The van der Waals surface area contributed by atoms with Crippen molar-refractivity contribution in [1.82, 2.24) is 9.05 Å². The van der Waals surface area contributed by atoms with Crippen LogP contribution < -0.4 is 16.0 Å². The van der Waals surface area contributed by atoms with Gasteiger partial charge in [0.05, 0.1) is 16.7 Å². The molecule has 0 unspecified atom stereocenters. The van der Waals surface area contributed by atoms with Crippen molar-refractivity contribution in [3.05, 3.63) is 180 Å². The lowest BCUT2D eigenvalue weighted by Crippen LogP contribution is -2.56. The smallest absolute Gasteiger partial charge is 0.375 e. The molecule has 0 spiro atoms. The van der Waals surface area contributed by atoms with Crippen LogP contribution in [0.2, 0.25) is 0 Å². The van der Waals surface area contributed by atoms with Gasteiger partial charge in [0.15, 0.2) is 0 Å². The van der Waals surface area contributed by atoms with E-state index in [0.29, 0.717) is 0 Å². The van der Waals surface area contributed by atoms with Crippen LogP contribution in [0.5, 0.6) is 0 Å². The van der Waals surface area contributed by atoms with E-state index in [1.165, 1.54) is 99.3 Å². The molecule has 3 aromatic heterocycles. The van der Waals surface area contributed by atoms with Crippen molar-refractivity contribution in [1.29, 1.82) is 0 Å². The van der Waals surface area contributed by atoms with Gasteiger partial charge in [-0.1, -0.05) is 174 Å². The van der Waals surface area contributed by atoms with E-state index < -0.39 is 0 Å². The third-order valence-corrected chi connectivity index (χ3v) is 15.9. The van der Waals surface area contributed by atoms with Crippen molar-refractivity contribution in [3.8, 4) is 27.9 Å². The van der Waals surface area contributed by atoms with Gasteiger partial charge in [0.25, 0.3) is 0 Å². The summed E-state index contributed by atoms with van der Waals surface area (Å²) in [6, 6.07) is 60.1. The van der Waals surface area contributed by atoms with Crippen LogP contribution in [0.3, 0.4) is 0 Å². The maximum atomic E-state index is 7.52. The number of nitrogens with zero attached hydrogens (tertiary/aromatic N) is 3. The monoisotopic (exact) mass is 923 g/mol. The fourth-order valence-electron chi connectivity index (χ4n) is 12.0. The lowest BCUT2D eigenvalue weighted by molar-refractivity contribution is 0.590. The van der Waals surface area contributed by atoms with Crippen LogP contribution in [0.1, 0.15) is 105 Å². The summed E-state index contributed by atoms with van der Waals surface area (Å²) in [7, 11) is 0. The average Bonchev–Trinajstić information content (AvgIpc) is 3.99. The van der Waals surface area contributed by atoms with E-state index in [9.17, 15) is 0 Å². The number of hydrogen-bond donors (Lipinski definition) is 0. The zero-order chi connectivity index (χ0) is 49.3. The molecule has 2 aliphatic rings. The van der Waals surface area contributed by atoms with E-state index >= 15 is 0 Å². The van der Waals surface area contributed by atoms with Gasteiger partial charge in [-0.3, -0.25) is 0 Å². The van der Waals surface area contributed by atoms with E-state index in [4.69, 9.17) is 4.42 Å². The van der Waals surface area contributed by atoms with Crippen LogP contribution in [0, 0.1) is 0 Å². The highest BCUT2D eigenvalue weighted by atomic mass is 16.3. The van der Waals surface area contributed by atoms with Crippen molar-refractivity contribution < 1.29 is 4.42 Å². The second-order valence-electron chi connectivity index (χ2n) is 24.7. The van der Waals surface area contributed by atoms with Gasteiger partial charge in [0.1, 0.15) is 11.2 Å². The van der Waals surface area contributed by atoms with Gasteiger partial charge in [0, 0.05) is 60.6 Å². The highest BCUT2D eigenvalue weighted by molar-refractivity contribution is 6.89. The molecule has 0 radical (unpaired) electrons. The molecule has 0 aliphatic carbocycles. The topological polar surface area (TPSA) is 26.2 Å². The zero-order valence-electron chi connectivity index (χ0n) is 43.3. The first-order valence-electron chi connectivity index (χ1n) is 25.6. The normalized spacial score (nSPS) is 13.9. The lowest BCUT2D eigenvalue weighted by Gasteiger charge is -2.39. The minimum atomic E-state index is -0.246. The Balaban J connectivity index is 1.21. The fraction of sp³-hybridized carbons (Fsp3) is 0.242. The molecule has 4 nitrogen and oxygen atoms in total. The molecular weight excluding hydrogens is 862 g/mol. The highest BCUT2D eigenvalue weighted by Crippen LogP contribution is 2.52. The van der Waals surface area contributed by atoms with Crippen molar-refractivity contribution >= 4 is 89.6 Å². The number of benzene rings is 8. The minimum Gasteiger partial charge on any atom is -0.466 e. The largest absolute Gasteiger partial charge is 0.466 e. The van der Waals surface area contributed by atoms with E-state index in [-0.39, 0.29) is 28.5 Å². The third-order valence-electron chi connectivity index (χ3n) is 15.9. The first-order valence-corrected chi connectivity index (χ1v) is 25.6. The van der Waals surface area contributed by atoms with Crippen LogP contribution in [-0.2, 0) is 21.7 Å². The Morgan fingerprint density at radius 3 is 1.72 bits per heavy atom. The van der Waals surface area contributed by atoms with Crippen molar-refractivity contribution in [2.24, 2.45) is 0 Å². The molecule has 0 atom stereocenters. The molecule has 71 heavy (non-hydrogen) atoms. The maximum absolute atomic E-state index is 7.52. The van der Waals surface area contributed by atoms with Crippen molar-refractivity contribution in [2.45, 2.75) is 105 Å². The second kappa shape index (κ2) is 14.7. The molecule has 0 fully saturated rings. The summed E-state index contributed by atoms with van der Waals surface area (Å²) in [5.41, 5.74) is 22.6. The first kappa shape index (κ1) is 43.8. The molecule has 11 aromatic rings. The third kappa shape index (κ3) is 6.44. The van der Waals surface area contributed by atoms with Crippen LogP contribution >= 0.6 is 0 Å². The molecule has 0 amide bonds. The summed E-state index contributed by atoms with van der Waals surface area (Å²) in [5.74, 6) is 0. The minimum absolute atomic E-state index is 0.00669. The van der Waals surface area contributed by atoms with Crippen LogP contribution in [0.25, 0.3) is 82.5 Å². The number of furan rings is 1. The second-order valence-corrected chi connectivity index (χ2v) is 24.7. The highest BCUT2D eigenvalue weighted by Gasteiger charge is 2.47. The Labute approximate surface area is 418 Å². The Kier molecular flexibility index (Phi) is 9.04. The molecule has 8 aromatic carbocycles. The number of anilines is 3. The molecule has 0 saturated heterocycles. The van der Waals surface area contributed by atoms with E-state index in [1.807, 2.05) is 0 Å². The lowest BCUT2D eigenvalue weighted by atomic mass is 9.47. The Bertz CT molecular complexity index is 4000. The van der Waals surface area contributed by atoms with E-state index in [0.717, 1.165) is 33.7 Å². The molecule has 2 aliphatic heterocycles. The van der Waals surface area contributed by atoms with Crippen LogP contribution in [0.4, 0.5) is 17.1 Å². The predicted molar refractivity (Wildman–Crippen MR) is 304 cm³/mol. The zero-order valence-corrected chi connectivity index (χ0v) is 43.3. The first-order chi connectivity index (χ1) is 33.8. The number of hydrogen-bond acceptors (Lipinski definition) is 2. The summed E-state index contributed by atoms with van der Waals surface area (Å²) < 4.78 is 12.7. The maximum Gasteiger partial charge on any atom is 0.375 e. The molecule has 0 saturated carbocycles. The van der Waals surface area contributed by atoms with Gasteiger partial charge in [-0.25, -0.2) is 0 Å². The Morgan fingerprint density at radius 1 is 0.423 bits per heavy atom. The molecule has 13 rings (SSSR count). The van der Waals surface area contributed by atoms with Gasteiger partial charge in [-0.15, -0.1) is 0 Å². The number of aromatic nitrogens is 2. The average molecular weight is 924 g/mol. The Hall–Kier alpha value is -7.24. The molecule has 0 bridgehead atoms. The SMILES string of the molecule is CC(C)(C)c1ccc(-c2ccc3oc4c(c3c2)N(c2ccc(C(C)(C)C)cc2)c2cc(C(C)(C)C)cc3c2B4n2c4ccc(C(C)(C)C)cc4c4c5c6ccccc6n(-c6ccccc6)c5cc-3c42)cc1. The van der Waals surface area contributed by atoms with Gasteiger partial charge in [0.2, 0.25) is 0 Å². The Morgan fingerprint density at radius 2 is 1.04 bits per heavy atom. The van der Waals surface area contributed by atoms with Crippen molar-refractivity contribution in [3.63, 3.8) is 0 Å². The predicted octanol–water partition coefficient (Wildman–Crippen LogP) is 16.9. The van der Waals surface area contributed by atoms with Gasteiger partial charge in [-0.05, 0) is 133 Å². The summed E-state index contributed by atoms with van der Waals surface area (Å²) in [4.78, 5) is 2.55. The molecule has 350 valence electrons. The quantitative estimate of drug-likeness (QED) is 0.165. The summed E-state index contributed by atoms with van der Waals surface area (Å²) in [6.07, 6.45) is 0. The molecular formula is C66H62BN3O. The summed E-state index contributed by atoms with van der Waals surface area (Å²) in [5, 5.41) is 6.24. The van der Waals surface area contributed by atoms with Crippen molar-refractivity contribution in [2.75, 3.05) is 4.90 Å². The van der Waals surface area contributed by atoms with Crippen LogP contribution in [0.15, 0.2) is 162 Å². The number of para-hydroxylation sites is 2. The number of fused-ring (bicyclic) bond motifs is 13.